The van der Waals surface area contributed by atoms with Crippen LogP contribution in [-0.2, 0) is 12.8 Å². The Kier molecular flexibility index (Phi) is 6.69. The second kappa shape index (κ2) is 8.04. The van der Waals surface area contributed by atoms with Gasteiger partial charge in [0.2, 0.25) is 0 Å². The summed E-state index contributed by atoms with van der Waals surface area (Å²) in [5, 5.41) is 9.01. The second-order valence-electron chi connectivity index (χ2n) is 5.47. The molecule has 0 aliphatic heterocycles. The molecule has 0 unspecified atom stereocenters. The quantitative estimate of drug-likeness (QED) is 0.488. The number of unbranched alkanes of at least 4 members (excludes halogenated alkanes) is 3. The van der Waals surface area contributed by atoms with Crippen LogP contribution in [-0.4, -0.2) is 5.11 Å². The number of hydrogen-bond donors (Lipinski definition) is 1. The zero-order valence-corrected chi connectivity index (χ0v) is 12.8. The van der Waals surface area contributed by atoms with E-state index in [1.54, 1.807) is 0 Å². The van der Waals surface area contributed by atoms with E-state index >= 15 is 0 Å². The maximum atomic E-state index is 9.01. The number of aliphatic hydroxyl groups is 1. The summed E-state index contributed by atoms with van der Waals surface area (Å²) in [5.74, 6) is 0.321. The molecule has 1 heteroatoms. The van der Waals surface area contributed by atoms with Crippen molar-refractivity contribution >= 4 is 0 Å². The first-order valence-electron chi connectivity index (χ1n) is 7.51. The molecule has 1 aromatic rings. The molecule has 1 nitrogen and oxygen atoms in total. The fourth-order valence-electron chi connectivity index (χ4n) is 2.58. The summed E-state index contributed by atoms with van der Waals surface area (Å²) in [6, 6.07) is 4.59. The summed E-state index contributed by atoms with van der Waals surface area (Å²) in [4.78, 5) is 0. The van der Waals surface area contributed by atoms with Crippen molar-refractivity contribution in [1.82, 2.24) is 0 Å². The van der Waals surface area contributed by atoms with Gasteiger partial charge in [-0.25, -0.2) is 0 Å². The monoisotopic (exact) mass is 260 g/mol. The van der Waals surface area contributed by atoms with Gasteiger partial charge in [0.05, 0.1) is 5.76 Å². The molecule has 106 valence electrons. The molecule has 0 spiro atoms. The lowest BCUT2D eigenvalue weighted by molar-refractivity contribution is 0.383. The molecule has 1 N–H and O–H groups in total. The molecule has 0 aliphatic carbocycles. The van der Waals surface area contributed by atoms with Gasteiger partial charge in [0.1, 0.15) is 0 Å². The molecular weight excluding hydrogens is 232 g/mol. The first-order valence-corrected chi connectivity index (χ1v) is 7.51. The topological polar surface area (TPSA) is 20.2 Å². The normalized spacial score (nSPS) is 10.7. The molecule has 1 aromatic carbocycles. The predicted molar refractivity (Wildman–Crippen MR) is 83.9 cm³/mol. The van der Waals surface area contributed by atoms with Gasteiger partial charge in [-0.05, 0) is 61.8 Å². The number of aliphatic hydroxyl groups excluding tert-OH is 1. The molecule has 0 amide bonds. The molecule has 1 rings (SSSR count). The Bertz CT molecular complexity index is 418. The van der Waals surface area contributed by atoms with E-state index in [4.69, 9.17) is 5.11 Å². The van der Waals surface area contributed by atoms with Gasteiger partial charge in [-0.2, -0.15) is 0 Å². The van der Waals surface area contributed by atoms with Crippen molar-refractivity contribution in [3.05, 3.63) is 46.7 Å². The van der Waals surface area contributed by atoms with E-state index in [2.05, 4.69) is 39.5 Å². The highest BCUT2D eigenvalue weighted by Crippen LogP contribution is 2.20. The zero-order chi connectivity index (χ0) is 14.3. The first-order chi connectivity index (χ1) is 9.06. The first kappa shape index (κ1) is 15.8. The van der Waals surface area contributed by atoms with Gasteiger partial charge in [0.25, 0.3) is 0 Å². The summed E-state index contributed by atoms with van der Waals surface area (Å²) in [6.45, 7) is 10.2. The van der Waals surface area contributed by atoms with Crippen LogP contribution in [0.1, 0.15) is 61.3 Å². The number of rotatable bonds is 8. The lowest BCUT2D eigenvalue weighted by Gasteiger charge is -2.12. The van der Waals surface area contributed by atoms with Crippen molar-refractivity contribution < 1.29 is 5.11 Å². The third kappa shape index (κ3) is 5.10. The van der Waals surface area contributed by atoms with Crippen LogP contribution >= 0.6 is 0 Å². The second-order valence-corrected chi connectivity index (χ2v) is 5.47. The Morgan fingerprint density at radius 2 is 1.58 bits per heavy atom. The summed E-state index contributed by atoms with van der Waals surface area (Å²) < 4.78 is 0. The van der Waals surface area contributed by atoms with Crippen molar-refractivity contribution in [2.24, 2.45) is 0 Å². The number of aryl methyl sites for hydroxylation is 2. The summed E-state index contributed by atoms with van der Waals surface area (Å²) in [5.41, 5.74) is 5.92. The van der Waals surface area contributed by atoms with E-state index in [0.29, 0.717) is 5.76 Å². The van der Waals surface area contributed by atoms with Crippen molar-refractivity contribution in [2.45, 2.75) is 65.7 Å². The van der Waals surface area contributed by atoms with Gasteiger partial charge < -0.3 is 5.11 Å². The molecule has 19 heavy (non-hydrogen) atoms. The molecule has 0 aliphatic rings. The Morgan fingerprint density at radius 3 is 2.21 bits per heavy atom. The van der Waals surface area contributed by atoms with Crippen LogP contribution in [0.2, 0.25) is 0 Å². The van der Waals surface area contributed by atoms with Gasteiger partial charge in [-0.3, -0.25) is 0 Å². The molecule has 0 radical (unpaired) electrons. The highest BCUT2D eigenvalue weighted by molar-refractivity contribution is 5.39. The maximum Gasteiger partial charge on any atom is 0.0851 e. The summed E-state index contributed by atoms with van der Waals surface area (Å²) in [7, 11) is 0. The lowest BCUT2D eigenvalue weighted by atomic mass is 9.93. The molecule has 0 atom stereocenters. The smallest absolute Gasteiger partial charge is 0.0851 e. The largest absolute Gasteiger partial charge is 0.513 e. The van der Waals surface area contributed by atoms with Crippen molar-refractivity contribution in [3.8, 4) is 0 Å². The van der Waals surface area contributed by atoms with Gasteiger partial charge in [0, 0.05) is 6.42 Å². The van der Waals surface area contributed by atoms with E-state index in [9.17, 15) is 0 Å². The summed E-state index contributed by atoms with van der Waals surface area (Å²) in [6.07, 6.45) is 7.77. The van der Waals surface area contributed by atoms with Crippen LogP contribution in [0.15, 0.2) is 24.5 Å². The average molecular weight is 260 g/mol. The Morgan fingerprint density at radius 1 is 1.00 bits per heavy atom. The molecule has 0 aromatic heterocycles. The molecule has 0 fully saturated rings. The summed E-state index contributed by atoms with van der Waals surface area (Å²) >= 11 is 0. The highest BCUT2D eigenvalue weighted by atomic mass is 16.3. The third-order valence-electron chi connectivity index (χ3n) is 4.05. The van der Waals surface area contributed by atoms with Crippen LogP contribution in [0.3, 0.4) is 0 Å². The fourth-order valence-corrected chi connectivity index (χ4v) is 2.58. The van der Waals surface area contributed by atoms with Crippen molar-refractivity contribution in [2.75, 3.05) is 0 Å². The third-order valence-corrected chi connectivity index (χ3v) is 4.05. The van der Waals surface area contributed by atoms with Crippen LogP contribution in [0.25, 0.3) is 0 Å². The zero-order valence-electron chi connectivity index (χ0n) is 12.8. The van der Waals surface area contributed by atoms with Crippen LogP contribution < -0.4 is 0 Å². The number of benzene rings is 1. The van der Waals surface area contributed by atoms with Crippen molar-refractivity contribution in [1.29, 1.82) is 0 Å². The molecule has 0 heterocycles. The SMILES string of the molecule is C=C(O)CCCCCCc1ccc(CC)c(C)c1C. The standard InChI is InChI=1S/C18H28O/c1-5-17-12-13-18(16(4)15(17)3)11-9-7-6-8-10-14(2)19/h12-13,19H,2,5-11H2,1,3-4H3. The molecular formula is C18H28O. The average Bonchev–Trinajstić information content (AvgIpc) is 2.38. The van der Waals surface area contributed by atoms with Gasteiger partial charge in [0.15, 0.2) is 0 Å². The Labute approximate surface area is 118 Å². The van der Waals surface area contributed by atoms with Crippen molar-refractivity contribution in [3.63, 3.8) is 0 Å². The molecule has 0 bridgehead atoms. The minimum absolute atomic E-state index is 0.321. The van der Waals surface area contributed by atoms with E-state index in [1.807, 2.05) is 0 Å². The van der Waals surface area contributed by atoms with Crippen LogP contribution in [0.4, 0.5) is 0 Å². The van der Waals surface area contributed by atoms with Gasteiger partial charge >= 0.3 is 0 Å². The Balaban J connectivity index is 2.38. The van der Waals surface area contributed by atoms with E-state index < -0.39 is 0 Å². The molecule has 0 saturated heterocycles. The number of allylic oxidation sites excluding steroid dienone is 1. The lowest BCUT2D eigenvalue weighted by Crippen LogP contribution is -1.97. The van der Waals surface area contributed by atoms with Gasteiger partial charge in [-0.15, -0.1) is 0 Å². The highest BCUT2D eigenvalue weighted by Gasteiger charge is 2.05. The molecule has 0 saturated carbocycles. The number of hydrogen-bond acceptors (Lipinski definition) is 1. The van der Waals surface area contributed by atoms with Crippen LogP contribution in [0, 0.1) is 13.8 Å². The Hall–Kier alpha value is -1.24. The van der Waals surface area contributed by atoms with E-state index in [-0.39, 0.29) is 0 Å². The van der Waals surface area contributed by atoms with Gasteiger partial charge in [-0.1, -0.05) is 38.5 Å². The van der Waals surface area contributed by atoms with E-state index in [0.717, 1.165) is 19.3 Å². The van der Waals surface area contributed by atoms with E-state index in [1.165, 1.54) is 47.9 Å². The minimum atomic E-state index is 0.321. The minimum Gasteiger partial charge on any atom is -0.513 e. The predicted octanol–water partition coefficient (Wildman–Crippen LogP) is 5.43. The fraction of sp³-hybridized carbons (Fsp3) is 0.556. The van der Waals surface area contributed by atoms with Crippen LogP contribution in [0.5, 0.6) is 0 Å². The maximum absolute atomic E-state index is 9.01.